The molecular weight excluding hydrogens is 240 g/mol. The molecule has 1 amide bonds. The van der Waals surface area contributed by atoms with Gasteiger partial charge in [-0.25, -0.2) is 0 Å². The van der Waals surface area contributed by atoms with Gasteiger partial charge in [-0.2, -0.15) is 0 Å². The third-order valence-corrected chi connectivity index (χ3v) is 3.65. The predicted octanol–water partition coefficient (Wildman–Crippen LogP) is 1.80. The van der Waals surface area contributed by atoms with E-state index in [1.165, 1.54) is 5.56 Å². The van der Waals surface area contributed by atoms with Crippen LogP contribution in [0.25, 0.3) is 0 Å². The molecule has 0 aromatic heterocycles. The van der Waals surface area contributed by atoms with Gasteiger partial charge in [0.1, 0.15) is 5.75 Å². The normalized spacial score (nSPS) is 14.3. The number of hydrogen-bond acceptors (Lipinski definition) is 3. The highest BCUT2D eigenvalue weighted by Crippen LogP contribution is 2.23. The highest BCUT2D eigenvalue weighted by atomic mass is 16.3. The lowest BCUT2D eigenvalue weighted by molar-refractivity contribution is -0.132. The van der Waals surface area contributed by atoms with Gasteiger partial charge in [0, 0.05) is 19.5 Å². The van der Waals surface area contributed by atoms with Gasteiger partial charge in [0.25, 0.3) is 0 Å². The Balaban J connectivity index is 1.88. The molecule has 1 heterocycles. The summed E-state index contributed by atoms with van der Waals surface area (Å²) in [5.74, 6) is 0.488. The SMILES string of the molecule is NCCCCCC(=O)N1CCc2ccc(O)cc2C1. The van der Waals surface area contributed by atoms with Crippen LogP contribution in [0.4, 0.5) is 0 Å². The first-order valence-corrected chi connectivity index (χ1v) is 6.99. The van der Waals surface area contributed by atoms with Gasteiger partial charge >= 0.3 is 0 Å². The van der Waals surface area contributed by atoms with Gasteiger partial charge in [-0.15, -0.1) is 0 Å². The van der Waals surface area contributed by atoms with Crippen LogP contribution in [-0.4, -0.2) is 29.0 Å². The van der Waals surface area contributed by atoms with E-state index in [2.05, 4.69) is 0 Å². The van der Waals surface area contributed by atoms with Gasteiger partial charge in [-0.1, -0.05) is 12.5 Å². The number of phenols is 1. The number of carbonyl (C=O) groups excluding carboxylic acids is 1. The molecule has 1 aliphatic rings. The molecule has 104 valence electrons. The molecule has 0 atom stereocenters. The van der Waals surface area contributed by atoms with Crippen molar-refractivity contribution in [3.05, 3.63) is 29.3 Å². The minimum absolute atomic E-state index is 0.214. The Bertz CT molecular complexity index is 446. The van der Waals surface area contributed by atoms with Crippen molar-refractivity contribution in [2.45, 2.75) is 38.6 Å². The molecule has 4 heteroatoms. The number of rotatable bonds is 5. The summed E-state index contributed by atoms with van der Waals surface area (Å²) in [4.78, 5) is 14.0. The molecule has 1 aliphatic heterocycles. The van der Waals surface area contributed by atoms with Crippen molar-refractivity contribution in [3.63, 3.8) is 0 Å². The first kappa shape index (κ1) is 13.9. The third kappa shape index (κ3) is 3.70. The number of nitrogens with two attached hydrogens (primary N) is 1. The first-order chi connectivity index (χ1) is 9.20. The summed E-state index contributed by atoms with van der Waals surface area (Å²) in [6, 6.07) is 5.43. The molecule has 2 rings (SSSR count). The maximum Gasteiger partial charge on any atom is 0.222 e. The van der Waals surface area contributed by atoms with Gasteiger partial charge in [-0.05, 0) is 49.1 Å². The topological polar surface area (TPSA) is 66.6 Å². The van der Waals surface area contributed by atoms with Gasteiger partial charge in [0.05, 0.1) is 0 Å². The van der Waals surface area contributed by atoms with Crippen LogP contribution < -0.4 is 5.73 Å². The van der Waals surface area contributed by atoms with Gasteiger partial charge < -0.3 is 15.7 Å². The third-order valence-electron chi connectivity index (χ3n) is 3.65. The van der Waals surface area contributed by atoms with Gasteiger partial charge in [-0.3, -0.25) is 4.79 Å². The molecule has 1 aromatic carbocycles. The van der Waals surface area contributed by atoms with Crippen LogP contribution in [0.2, 0.25) is 0 Å². The molecule has 1 aromatic rings. The molecule has 0 aliphatic carbocycles. The minimum Gasteiger partial charge on any atom is -0.508 e. The number of aromatic hydroxyl groups is 1. The van der Waals surface area contributed by atoms with E-state index in [0.717, 1.165) is 37.8 Å². The molecule has 19 heavy (non-hydrogen) atoms. The smallest absolute Gasteiger partial charge is 0.222 e. The van der Waals surface area contributed by atoms with Gasteiger partial charge in [0.2, 0.25) is 5.91 Å². The van der Waals surface area contributed by atoms with Crippen molar-refractivity contribution in [2.24, 2.45) is 5.73 Å². The standard InChI is InChI=1S/C15H22N2O2/c16-8-3-1-2-4-15(19)17-9-7-12-5-6-14(18)10-13(12)11-17/h5-6,10,18H,1-4,7-9,11,16H2. The highest BCUT2D eigenvalue weighted by molar-refractivity contribution is 5.76. The number of nitrogens with zero attached hydrogens (tertiary/aromatic N) is 1. The molecule has 0 unspecified atom stereocenters. The summed E-state index contributed by atoms with van der Waals surface area (Å²) < 4.78 is 0. The number of carbonyl (C=O) groups is 1. The van der Waals surface area contributed by atoms with Gasteiger partial charge in [0.15, 0.2) is 0 Å². The number of unbranched alkanes of at least 4 members (excludes halogenated alkanes) is 2. The van der Waals surface area contributed by atoms with E-state index >= 15 is 0 Å². The monoisotopic (exact) mass is 262 g/mol. The van der Waals surface area contributed by atoms with Crippen molar-refractivity contribution in [2.75, 3.05) is 13.1 Å². The molecule has 0 spiro atoms. The molecule has 4 nitrogen and oxygen atoms in total. The molecule has 3 N–H and O–H groups in total. The number of benzene rings is 1. The lowest BCUT2D eigenvalue weighted by Crippen LogP contribution is -2.35. The van der Waals surface area contributed by atoms with E-state index < -0.39 is 0 Å². The Morgan fingerprint density at radius 1 is 1.26 bits per heavy atom. The maximum atomic E-state index is 12.1. The fourth-order valence-corrected chi connectivity index (χ4v) is 2.51. The Morgan fingerprint density at radius 2 is 2.11 bits per heavy atom. The van der Waals surface area contributed by atoms with Crippen molar-refractivity contribution < 1.29 is 9.90 Å². The zero-order chi connectivity index (χ0) is 13.7. The molecule has 0 radical (unpaired) electrons. The average Bonchev–Trinajstić information content (AvgIpc) is 2.42. The fourth-order valence-electron chi connectivity index (χ4n) is 2.51. The number of amides is 1. The van der Waals surface area contributed by atoms with Crippen molar-refractivity contribution in [1.82, 2.24) is 4.90 Å². The van der Waals surface area contributed by atoms with E-state index in [9.17, 15) is 9.90 Å². The van der Waals surface area contributed by atoms with Crippen LogP contribution in [-0.2, 0) is 17.8 Å². The molecular formula is C15H22N2O2. The highest BCUT2D eigenvalue weighted by Gasteiger charge is 2.20. The van der Waals surface area contributed by atoms with Crippen LogP contribution in [0.1, 0.15) is 36.8 Å². The number of phenolic OH excluding ortho intramolecular Hbond substituents is 1. The summed E-state index contributed by atoms with van der Waals surface area (Å²) in [7, 11) is 0. The van der Waals surface area contributed by atoms with Crippen LogP contribution in [0.5, 0.6) is 5.75 Å². The van der Waals surface area contributed by atoms with Crippen LogP contribution >= 0.6 is 0 Å². The lowest BCUT2D eigenvalue weighted by atomic mass is 9.99. The molecule has 0 fully saturated rings. The maximum absolute atomic E-state index is 12.1. The summed E-state index contributed by atoms with van der Waals surface area (Å²) in [6.07, 6.45) is 4.41. The van der Waals surface area contributed by atoms with Crippen LogP contribution in [0.3, 0.4) is 0 Å². The second kappa shape index (κ2) is 6.57. The summed E-state index contributed by atoms with van der Waals surface area (Å²) >= 11 is 0. The second-order valence-electron chi connectivity index (χ2n) is 5.12. The van der Waals surface area contributed by atoms with E-state index in [1.807, 2.05) is 11.0 Å². The number of fused-ring (bicyclic) bond motifs is 1. The van der Waals surface area contributed by atoms with Crippen molar-refractivity contribution >= 4 is 5.91 Å². The van der Waals surface area contributed by atoms with Crippen LogP contribution in [0.15, 0.2) is 18.2 Å². The summed E-state index contributed by atoms with van der Waals surface area (Å²) in [5, 5.41) is 9.50. The largest absolute Gasteiger partial charge is 0.508 e. The summed E-state index contributed by atoms with van der Waals surface area (Å²) in [5.41, 5.74) is 7.75. The Morgan fingerprint density at radius 3 is 2.89 bits per heavy atom. The quantitative estimate of drug-likeness (QED) is 0.795. The molecule has 0 saturated carbocycles. The number of hydrogen-bond donors (Lipinski definition) is 2. The first-order valence-electron chi connectivity index (χ1n) is 6.99. The van der Waals surface area contributed by atoms with E-state index in [1.54, 1.807) is 12.1 Å². The lowest BCUT2D eigenvalue weighted by Gasteiger charge is -2.29. The van der Waals surface area contributed by atoms with E-state index in [0.29, 0.717) is 19.5 Å². The summed E-state index contributed by atoms with van der Waals surface area (Å²) in [6.45, 7) is 2.11. The predicted molar refractivity (Wildman–Crippen MR) is 74.8 cm³/mol. The van der Waals surface area contributed by atoms with Crippen LogP contribution in [0, 0.1) is 0 Å². The Labute approximate surface area is 114 Å². The van der Waals surface area contributed by atoms with Crippen molar-refractivity contribution in [3.8, 4) is 5.75 Å². The Kier molecular flexibility index (Phi) is 4.80. The molecule has 0 saturated heterocycles. The van der Waals surface area contributed by atoms with E-state index in [-0.39, 0.29) is 11.7 Å². The second-order valence-corrected chi connectivity index (χ2v) is 5.12. The Hall–Kier alpha value is -1.55. The fraction of sp³-hybridized carbons (Fsp3) is 0.533. The minimum atomic E-state index is 0.214. The molecule has 0 bridgehead atoms. The van der Waals surface area contributed by atoms with E-state index in [4.69, 9.17) is 5.73 Å². The van der Waals surface area contributed by atoms with Crippen molar-refractivity contribution in [1.29, 1.82) is 0 Å². The zero-order valence-electron chi connectivity index (χ0n) is 11.3. The zero-order valence-corrected chi connectivity index (χ0v) is 11.3. The average molecular weight is 262 g/mol.